The maximum atomic E-state index is 12.7. The van der Waals surface area contributed by atoms with Gasteiger partial charge in [0.2, 0.25) is 0 Å². The molecule has 0 aliphatic carbocycles. The summed E-state index contributed by atoms with van der Waals surface area (Å²) in [6, 6.07) is 13.5. The molecule has 1 amide bonds. The Balaban J connectivity index is 1.63. The highest BCUT2D eigenvalue weighted by molar-refractivity contribution is 5.97. The van der Waals surface area contributed by atoms with Gasteiger partial charge in [-0.2, -0.15) is 5.26 Å². The minimum Gasteiger partial charge on any atom is -0.495 e. The number of likely N-dealkylation sites (tertiary alicyclic amines) is 1. The molecule has 2 heterocycles. The van der Waals surface area contributed by atoms with Crippen LogP contribution in [0.25, 0.3) is 10.8 Å². The van der Waals surface area contributed by atoms with Gasteiger partial charge in [-0.3, -0.25) is 9.69 Å². The largest absolute Gasteiger partial charge is 0.495 e. The van der Waals surface area contributed by atoms with Crippen LogP contribution in [0.5, 0.6) is 5.75 Å². The summed E-state index contributed by atoms with van der Waals surface area (Å²) in [5, 5.41) is 17.5. The fraction of sp³-hybridized carbons (Fsp3) is 0.308. The van der Waals surface area contributed by atoms with Gasteiger partial charge in [-0.1, -0.05) is 24.8 Å². The van der Waals surface area contributed by atoms with E-state index < -0.39 is 0 Å². The zero-order valence-electron chi connectivity index (χ0n) is 19.9. The third-order valence-electron chi connectivity index (χ3n) is 6.40. The highest BCUT2D eigenvalue weighted by Gasteiger charge is 2.34. The Morgan fingerprint density at radius 2 is 2.14 bits per heavy atom. The van der Waals surface area contributed by atoms with E-state index in [1.54, 1.807) is 19.4 Å². The van der Waals surface area contributed by atoms with Crippen molar-refractivity contribution in [1.29, 1.82) is 5.26 Å². The molecule has 4 N–H and O–H groups in total. The molecule has 3 aromatic rings. The molecular weight excluding hydrogens is 442 g/mol. The first-order valence-corrected chi connectivity index (χ1v) is 11.4. The van der Waals surface area contributed by atoms with E-state index in [0.29, 0.717) is 36.5 Å². The van der Waals surface area contributed by atoms with Gasteiger partial charge in [-0.15, -0.1) is 0 Å². The summed E-state index contributed by atoms with van der Waals surface area (Å²) in [6.45, 7) is 4.71. The lowest BCUT2D eigenvalue weighted by molar-refractivity contribution is 0.0858. The number of nitrogens with one attached hydrogen (secondary N) is 2. The Morgan fingerprint density at radius 1 is 1.34 bits per heavy atom. The van der Waals surface area contributed by atoms with Gasteiger partial charge in [0.05, 0.1) is 18.9 Å². The van der Waals surface area contributed by atoms with Crippen molar-refractivity contribution in [3.8, 4) is 11.8 Å². The molecule has 0 saturated carbocycles. The van der Waals surface area contributed by atoms with Gasteiger partial charge >= 0.3 is 0 Å². The highest BCUT2D eigenvalue weighted by Crippen LogP contribution is 2.37. The van der Waals surface area contributed by atoms with Crippen molar-refractivity contribution < 1.29 is 9.53 Å². The number of carbonyl (C=O) groups excluding carboxylic acids is 1. The van der Waals surface area contributed by atoms with Crippen LogP contribution in [0.3, 0.4) is 0 Å². The average molecular weight is 472 g/mol. The zero-order valence-corrected chi connectivity index (χ0v) is 19.9. The van der Waals surface area contributed by atoms with Gasteiger partial charge in [0.25, 0.3) is 5.91 Å². The number of nitrogens with zero attached hydrogens (tertiary/aromatic N) is 4. The second-order valence-corrected chi connectivity index (χ2v) is 8.72. The van der Waals surface area contributed by atoms with Crippen molar-refractivity contribution in [3.63, 3.8) is 0 Å². The predicted octanol–water partition coefficient (Wildman–Crippen LogP) is 2.63. The number of rotatable bonds is 7. The summed E-state index contributed by atoms with van der Waals surface area (Å²) < 4.78 is 5.58. The molecule has 180 valence electrons. The van der Waals surface area contributed by atoms with Crippen LogP contribution in [0.1, 0.15) is 28.5 Å². The molecule has 3 atom stereocenters. The molecule has 35 heavy (non-hydrogen) atoms. The number of amides is 1. The van der Waals surface area contributed by atoms with Gasteiger partial charge in [0.1, 0.15) is 17.8 Å². The number of nitrogens with two attached hydrogens (primary N) is 1. The summed E-state index contributed by atoms with van der Waals surface area (Å²) in [4.78, 5) is 22.8. The van der Waals surface area contributed by atoms with E-state index >= 15 is 0 Å². The SMILES string of the molecule is C=C(C#N)CNc1c(OC)ccc2ccc(C3CC(NC(=O)c4ccncn4)C(N)CN3C)cc12. The van der Waals surface area contributed by atoms with Crippen LogP contribution in [0.2, 0.25) is 0 Å². The van der Waals surface area contributed by atoms with E-state index in [9.17, 15) is 4.79 Å². The fourth-order valence-corrected chi connectivity index (χ4v) is 4.52. The lowest BCUT2D eigenvalue weighted by Crippen LogP contribution is -2.57. The second-order valence-electron chi connectivity index (χ2n) is 8.72. The van der Waals surface area contributed by atoms with Crippen molar-refractivity contribution in [1.82, 2.24) is 20.2 Å². The van der Waals surface area contributed by atoms with E-state index in [1.165, 1.54) is 6.33 Å². The van der Waals surface area contributed by atoms with Crippen molar-refractivity contribution >= 4 is 22.4 Å². The number of ether oxygens (including phenoxy) is 1. The normalized spacial score (nSPS) is 20.1. The van der Waals surface area contributed by atoms with E-state index in [0.717, 1.165) is 22.0 Å². The van der Waals surface area contributed by atoms with Crippen molar-refractivity contribution in [2.24, 2.45) is 5.73 Å². The Bertz CT molecular complexity index is 1270. The van der Waals surface area contributed by atoms with Crippen LogP contribution in [0.4, 0.5) is 5.69 Å². The van der Waals surface area contributed by atoms with Gasteiger partial charge in [0.15, 0.2) is 0 Å². The standard InChI is InChI=1S/C26H29N7O2/c1-16(12-27)13-30-25-19-10-18(5-4-17(19)6-7-24(25)35-3)23-11-22(20(28)14-33(23)2)32-26(34)21-8-9-29-15-31-21/h4-10,15,20,22-23,30H,1,11,13-14,28H2,2-3H3,(H,32,34). The quantitative estimate of drug-likeness (QED) is 0.449. The number of benzene rings is 2. The number of hydrogen-bond donors (Lipinski definition) is 3. The topological polar surface area (TPSA) is 129 Å². The first-order chi connectivity index (χ1) is 16.9. The van der Waals surface area contributed by atoms with Crippen LogP contribution >= 0.6 is 0 Å². The van der Waals surface area contributed by atoms with Crippen LogP contribution in [-0.4, -0.2) is 60.1 Å². The summed E-state index contributed by atoms with van der Waals surface area (Å²) in [7, 11) is 3.66. The lowest BCUT2D eigenvalue weighted by atomic mass is 9.88. The van der Waals surface area contributed by atoms with Gasteiger partial charge in [-0.05, 0) is 42.6 Å². The van der Waals surface area contributed by atoms with Crippen LogP contribution in [-0.2, 0) is 0 Å². The molecule has 0 radical (unpaired) electrons. The smallest absolute Gasteiger partial charge is 0.270 e. The van der Waals surface area contributed by atoms with Crippen LogP contribution in [0.15, 0.2) is 61.1 Å². The molecule has 0 spiro atoms. The molecule has 3 unspecified atom stereocenters. The molecule has 1 saturated heterocycles. The van der Waals surface area contributed by atoms with Gasteiger partial charge < -0.3 is 21.1 Å². The highest BCUT2D eigenvalue weighted by atomic mass is 16.5. The van der Waals surface area contributed by atoms with E-state index in [1.807, 2.05) is 19.2 Å². The Morgan fingerprint density at radius 3 is 2.86 bits per heavy atom. The Kier molecular flexibility index (Phi) is 7.25. The summed E-state index contributed by atoms with van der Waals surface area (Å²) in [6.07, 6.45) is 3.55. The third-order valence-corrected chi connectivity index (χ3v) is 6.40. The monoisotopic (exact) mass is 471 g/mol. The number of methoxy groups -OCH3 is 1. The number of aromatic nitrogens is 2. The number of piperidine rings is 1. The zero-order chi connectivity index (χ0) is 24.9. The third kappa shape index (κ3) is 5.24. The second kappa shape index (κ2) is 10.5. The number of hydrogen-bond acceptors (Lipinski definition) is 8. The molecule has 9 nitrogen and oxygen atoms in total. The first-order valence-electron chi connectivity index (χ1n) is 11.4. The number of anilines is 1. The molecule has 9 heteroatoms. The first kappa shape index (κ1) is 24.1. The number of carbonyl (C=O) groups is 1. The molecule has 1 aliphatic heterocycles. The fourth-order valence-electron chi connectivity index (χ4n) is 4.52. The maximum Gasteiger partial charge on any atom is 0.270 e. The number of likely N-dealkylation sites (N-methyl/N-ethyl adjacent to an activating group) is 1. The van der Waals surface area contributed by atoms with Gasteiger partial charge in [-0.25, -0.2) is 9.97 Å². The average Bonchev–Trinajstić information content (AvgIpc) is 2.88. The minimum atomic E-state index is -0.261. The van der Waals surface area contributed by atoms with Crippen molar-refractivity contribution in [2.75, 3.05) is 32.6 Å². The van der Waals surface area contributed by atoms with Crippen LogP contribution < -0.4 is 21.1 Å². The summed E-state index contributed by atoms with van der Waals surface area (Å²) in [5.41, 5.74) is 9.08. The van der Waals surface area contributed by atoms with E-state index in [-0.39, 0.29) is 24.0 Å². The maximum absolute atomic E-state index is 12.7. The lowest BCUT2D eigenvalue weighted by Gasteiger charge is -2.41. The molecule has 2 aromatic carbocycles. The number of nitriles is 1. The molecule has 1 aliphatic rings. The molecule has 1 fully saturated rings. The minimum absolute atomic E-state index is 0.0445. The van der Waals surface area contributed by atoms with Crippen LogP contribution in [0, 0.1) is 11.3 Å². The molecule has 1 aromatic heterocycles. The molecule has 4 rings (SSSR count). The van der Waals surface area contributed by atoms with Crippen molar-refractivity contribution in [2.45, 2.75) is 24.5 Å². The number of fused-ring (bicyclic) bond motifs is 1. The Hall–Kier alpha value is -4.00. The predicted molar refractivity (Wildman–Crippen MR) is 135 cm³/mol. The van der Waals surface area contributed by atoms with Gasteiger partial charge in [0, 0.05) is 48.4 Å². The van der Waals surface area contributed by atoms with E-state index in [2.05, 4.69) is 56.3 Å². The molecule has 0 bridgehead atoms. The summed E-state index contributed by atoms with van der Waals surface area (Å²) >= 11 is 0. The van der Waals surface area contributed by atoms with E-state index in [4.69, 9.17) is 15.7 Å². The summed E-state index contributed by atoms with van der Waals surface area (Å²) in [5.74, 6) is 0.429. The van der Waals surface area contributed by atoms with Crippen molar-refractivity contribution in [3.05, 3.63) is 72.3 Å². The Labute approximate surface area is 204 Å². The molecular formula is C26H29N7O2.